The molecular weight excluding hydrogens is 260 g/mol. The number of rotatable bonds is 2. The number of aryl methyl sites for hydroxylation is 1. The number of anilines is 1. The zero-order valence-electron chi connectivity index (χ0n) is 12.2. The van der Waals surface area contributed by atoms with E-state index in [1.54, 1.807) is 12.1 Å². The van der Waals surface area contributed by atoms with Crippen LogP contribution in [0.25, 0.3) is 0 Å². The summed E-state index contributed by atoms with van der Waals surface area (Å²) in [6.07, 6.45) is 0.924. The summed E-state index contributed by atoms with van der Waals surface area (Å²) in [4.78, 5) is 0. The average molecular weight is 278 g/mol. The first-order valence-electron chi connectivity index (χ1n) is 7.20. The summed E-state index contributed by atoms with van der Waals surface area (Å²) in [5.74, 6) is 0.741. The van der Waals surface area contributed by atoms with Gasteiger partial charge >= 0.3 is 0 Å². The Bertz CT molecular complexity index is 730. The second-order valence-corrected chi connectivity index (χ2v) is 5.72. The number of benzene rings is 2. The predicted octanol–water partition coefficient (Wildman–Crippen LogP) is 4.23. The van der Waals surface area contributed by atoms with Gasteiger partial charge in [-0.05, 0) is 48.6 Å². The molecule has 3 heteroatoms. The molecular formula is C18H18N2O. The van der Waals surface area contributed by atoms with Crippen molar-refractivity contribution in [2.75, 3.05) is 5.32 Å². The van der Waals surface area contributed by atoms with Gasteiger partial charge in [0.05, 0.1) is 17.3 Å². The van der Waals surface area contributed by atoms with Crippen LogP contribution in [-0.4, -0.2) is 5.11 Å². The highest BCUT2D eigenvalue weighted by Gasteiger charge is 2.32. The summed E-state index contributed by atoms with van der Waals surface area (Å²) < 4.78 is 0. The maximum Gasteiger partial charge on any atom is 0.121 e. The smallest absolute Gasteiger partial charge is 0.121 e. The minimum absolute atomic E-state index is 0.0457. The van der Waals surface area contributed by atoms with Crippen molar-refractivity contribution in [3.8, 4) is 11.8 Å². The fourth-order valence-corrected chi connectivity index (χ4v) is 3.37. The molecule has 0 radical (unpaired) electrons. The molecule has 0 aromatic heterocycles. The van der Waals surface area contributed by atoms with Crippen molar-refractivity contribution in [1.82, 2.24) is 0 Å². The van der Waals surface area contributed by atoms with Crippen LogP contribution in [0.5, 0.6) is 5.75 Å². The molecule has 0 aliphatic heterocycles. The summed E-state index contributed by atoms with van der Waals surface area (Å²) in [6.45, 7) is 4.27. The van der Waals surface area contributed by atoms with E-state index in [9.17, 15) is 10.4 Å². The minimum atomic E-state index is 0.0457. The number of aromatic hydroxyl groups is 1. The van der Waals surface area contributed by atoms with Crippen LogP contribution in [0.15, 0.2) is 36.4 Å². The molecule has 2 aromatic carbocycles. The number of nitriles is 1. The van der Waals surface area contributed by atoms with Gasteiger partial charge in [0, 0.05) is 5.56 Å². The van der Waals surface area contributed by atoms with Gasteiger partial charge in [-0.15, -0.1) is 0 Å². The van der Waals surface area contributed by atoms with E-state index in [4.69, 9.17) is 0 Å². The van der Waals surface area contributed by atoms with Gasteiger partial charge in [0.25, 0.3) is 0 Å². The first-order chi connectivity index (χ1) is 10.1. The van der Waals surface area contributed by atoms with Gasteiger partial charge in [-0.3, -0.25) is 0 Å². The maximum atomic E-state index is 10.2. The Morgan fingerprint density at radius 1 is 1.19 bits per heavy atom. The molecule has 2 atom stereocenters. The number of nitrogens with one attached hydrogen (secondary N) is 1. The van der Waals surface area contributed by atoms with Crippen LogP contribution in [-0.2, 0) is 0 Å². The van der Waals surface area contributed by atoms with Gasteiger partial charge in [0.2, 0.25) is 0 Å². The first-order valence-corrected chi connectivity index (χ1v) is 7.20. The standard InChI is InChI=1S/C18H18N2O/c1-11-7-8-16(21)18-15(9-12(2)17(11)18)20-14-6-4-3-5-13(14)10-19/h3-8,12,15,20-21H,9H2,1-2H3. The van der Waals surface area contributed by atoms with Crippen LogP contribution in [0.1, 0.15) is 47.6 Å². The van der Waals surface area contributed by atoms with Gasteiger partial charge in [-0.25, -0.2) is 0 Å². The van der Waals surface area contributed by atoms with Crippen LogP contribution in [0.3, 0.4) is 0 Å². The van der Waals surface area contributed by atoms with Crippen LogP contribution < -0.4 is 5.32 Å². The molecule has 106 valence electrons. The van der Waals surface area contributed by atoms with Crippen molar-refractivity contribution in [3.63, 3.8) is 0 Å². The van der Waals surface area contributed by atoms with Gasteiger partial charge in [0.15, 0.2) is 0 Å². The molecule has 0 saturated heterocycles. The van der Waals surface area contributed by atoms with E-state index < -0.39 is 0 Å². The average Bonchev–Trinajstić information content (AvgIpc) is 2.81. The summed E-state index contributed by atoms with van der Waals surface area (Å²) >= 11 is 0. The summed E-state index contributed by atoms with van der Waals surface area (Å²) in [6, 6.07) is 13.5. The fourth-order valence-electron chi connectivity index (χ4n) is 3.37. The number of phenolic OH excluding ortho intramolecular Hbond substituents is 1. The molecule has 0 spiro atoms. The number of nitrogens with zero attached hydrogens (tertiary/aromatic N) is 1. The quantitative estimate of drug-likeness (QED) is 0.864. The van der Waals surface area contributed by atoms with E-state index in [0.29, 0.717) is 17.2 Å². The van der Waals surface area contributed by atoms with E-state index in [2.05, 4.69) is 25.2 Å². The lowest BCUT2D eigenvalue weighted by molar-refractivity contribution is 0.465. The Labute approximate surface area is 124 Å². The molecule has 0 fully saturated rings. The Hall–Kier alpha value is -2.47. The zero-order chi connectivity index (χ0) is 15.0. The molecule has 3 rings (SSSR count). The van der Waals surface area contributed by atoms with Crippen LogP contribution in [0.2, 0.25) is 0 Å². The van der Waals surface area contributed by atoms with E-state index in [1.165, 1.54) is 11.1 Å². The minimum Gasteiger partial charge on any atom is -0.508 e. The predicted molar refractivity (Wildman–Crippen MR) is 83.4 cm³/mol. The number of phenols is 1. The Balaban J connectivity index is 2.01. The van der Waals surface area contributed by atoms with Gasteiger partial charge in [-0.2, -0.15) is 5.26 Å². The van der Waals surface area contributed by atoms with Gasteiger partial charge < -0.3 is 10.4 Å². The number of hydrogen-bond acceptors (Lipinski definition) is 3. The Morgan fingerprint density at radius 3 is 2.71 bits per heavy atom. The molecule has 21 heavy (non-hydrogen) atoms. The normalized spacial score (nSPS) is 19.9. The van der Waals surface area contributed by atoms with Crippen molar-refractivity contribution in [2.45, 2.75) is 32.2 Å². The molecule has 0 heterocycles. The van der Waals surface area contributed by atoms with Crippen LogP contribution in [0, 0.1) is 18.3 Å². The molecule has 1 aliphatic rings. The lowest BCUT2D eigenvalue weighted by Crippen LogP contribution is -2.08. The van der Waals surface area contributed by atoms with Crippen molar-refractivity contribution in [2.24, 2.45) is 0 Å². The summed E-state index contributed by atoms with van der Waals surface area (Å²) in [5.41, 5.74) is 4.89. The van der Waals surface area contributed by atoms with Crippen molar-refractivity contribution < 1.29 is 5.11 Å². The van der Waals surface area contributed by atoms with Crippen molar-refractivity contribution in [1.29, 1.82) is 5.26 Å². The maximum absolute atomic E-state index is 10.2. The lowest BCUT2D eigenvalue weighted by atomic mass is 9.97. The lowest BCUT2D eigenvalue weighted by Gasteiger charge is -2.18. The highest BCUT2D eigenvalue weighted by molar-refractivity contribution is 5.61. The Kier molecular flexibility index (Phi) is 3.31. The highest BCUT2D eigenvalue weighted by atomic mass is 16.3. The Morgan fingerprint density at radius 2 is 1.95 bits per heavy atom. The van der Waals surface area contributed by atoms with Crippen molar-refractivity contribution in [3.05, 3.63) is 58.7 Å². The third kappa shape index (κ3) is 2.23. The first kappa shape index (κ1) is 13.5. The summed E-state index contributed by atoms with van der Waals surface area (Å²) in [5, 5.41) is 22.9. The fraction of sp³-hybridized carbons (Fsp3) is 0.278. The molecule has 3 nitrogen and oxygen atoms in total. The van der Waals surface area contributed by atoms with Crippen molar-refractivity contribution >= 4 is 5.69 Å². The number of hydrogen-bond donors (Lipinski definition) is 2. The van der Waals surface area contributed by atoms with E-state index >= 15 is 0 Å². The molecule has 0 bridgehead atoms. The summed E-state index contributed by atoms with van der Waals surface area (Å²) in [7, 11) is 0. The van der Waals surface area contributed by atoms with Crippen LogP contribution >= 0.6 is 0 Å². The third-order valence-electron chi connectivity index (χ3n) is 4.29. The van der Waals surface area contributed by atoms with E-state index in [0.717, 1.165) is 17.7 Å². The third-order valence-corrected chi connectivity index (χ3v) is 4.29. The highest BCUT2D eigenvalue weighted by Crippen LogP contribution is 2.47. The zero-order valence-corrected chi connectivity index (χ0v) is 12.2. The topological polar surface area (TPSA) is 56.0 Å². The number of fused-ring (bicyclic) bond motifs is 1. The molecule has 1 aliphatic carbocycles. The second kappa shape index (κ2) is 5.14. The van der Waals surface area contributed by atoms with E-state index in [-0.39, 0.29) is 6.04 Å². The number of para-hydroxylation sites is 1. The van der Waals surface area contributed by atoms with Gasteiger partial charge in [-0.1, -0.05) is 25.1 Å². The molecule has 2 N–H and O–H groups in total. The monoisotopic (exact) mass is 278 g/mol. The molecule has 2 aromatic rings. The second-order valence-electron chi connectivity index (χ2n) is 5.72. The SMILES string of the molecule is Cc1ccc(O)c2c1C(C)CC2Nc1ccccc1C#N. The van der Waals surface area contributed by atoms with Crippen LogP contribution in [0.4, 0.5) is 5.69 Å². The molecule has 0 amide bonds. The van der Waals surface area contributed by atoms with E-state index in [1.807, 2.05) is 24.3 Å². The molecule has 0 saturated carbocycles. The molecule has 2 unspecified atom stereocenters. The van der Waals surface area contributed by atoms with Gasteiger partial charge in [0.1, 0.15) is 11.8 Å². The largest absolute Gasteiger partial charge is 0.508 e.